The fraction of sp³-hybridized carbons (Fsp3) is 0.500. The van der Waals surface area contributed by atoms with E-state index in [0.717, 1.165) is 32.5 Å². The molecule has 96 valence electrons. The quantitative estimate of drug-likeness (QED) is 0.916. The molecular weight excluding hydrogens is 246 g/mol. The fourth-order valence-corrected chi connectivity index (χ4v) is 3.07. The summed E-state index contributed by atoms with van der Waals surface area (Å²) in [5.74, 6) is 0.613. The summed E-state index contributed by atoms with van der Waals surface area (Å²) in [5.41, 5.74) is 7.55. The number of nitrogens with zero attached hydrogens (tertiary/aromatic N) is 4. The zero-order valence-corrected chi connectivity index (χ0v) is 11.0. The number of nitrogens with two attached hydrogens (primary N) is 1. The standard InChI is InChI=1S/C12H17N5S/c13-12-3-6-17(15-12)10-1-4-16(5-2-10)8-11-7-14-9-18-11/h3,6-7,9-10H,1-2,4-5,8H2,(H2,13,15). The van der Waals surface area contributed by atoms with Crippen LogP contribution in [0.1, 0.15) is 23.8 Å². The number of hydrogen-bond acceptors (Lipinski definition) is 5. The fourth-order valence-electron chi connectivity index (χ4n) is 2.44. The van der Waals surface area contributed by atoms with E-state index in [1.165, 1.54) is 4.88 Å². The summed E-state index contributed by atoms with van der Waals surface area (Å²) in [5, 5.41) is 4.30. The lowest BCUT2D eigenvalue weighted by Gasteiger charge is -2.31. The largest absolute Gasteiger partial charge is 0.382 e. The molecule has 3 rings (SSSR count). The van der Waals surface area contributed by atoms with Crippen LogP contribution >= 0.6 is 11.3 Å². The van der Waals surface area contributed by atoms with Crippen LogP contribution in [0.5, 0.6) is 0 Å². The van der Waals surface area contributed by atoms with E-state index in [1.54, 1.807) is 11.3 Å². The van der Waals surface area contributed by atoms with Gasteiger partial charge < -0.3 is 5.73 Å². The van der Waals surface area contributed by atoms with Crippen LogP contribution in [-0.2, 0) is 6.54 Å². The van der Waals surface area contributed by atoms with Crippen molar-refractivity contribution in [1.29, 1.82) is 0 Å². The van der Waals surface area contributed by atoms with Crippen LogP contribution in [0, 0.1) is 0 Å². The van der Waals surface area contributed by atoms with E-state index in [1.807, 2.05) is 28.7 Å². The third-order valence-corrected chi connectivity index (χ3v) is 4.19. The normalized spacial score (nSPS) is 18.2. The van der Waals surface area contributed by atoms with Crippen molar-refractivity contribution in [1.82, 2.24) is 19.7 Å². The summed E-state index contributed by atoms with van der Waals surface area (Å²) in [7, 11) is 0. The third-order valence-electron chi connectivity index (χ3n) is 3.42. The first kappa shape index (κ1) is 11.7. The predicted octanol–water partition coefficient (Wildman–Crippen LogP) is 1.76. The first-order chi connectivity index (χ1) is 8.81. The monoisotopic (exact) mass is 263 g/mol. The van der Waals surface area contributed by atoms with Gasteiger partial charge >= 0.3 is 0 Å². The molecule has 0 spiro atoms. The predicted molar refractivity (Wildman–Crippen MR) is 72.3 cm³/mol. The summed E-state index contributed by atoms with van der Waals surface area (Å²) in [6.07, 6.45) is 6.23. The number of thiazole rings is 1. The number of rotatable bonds is 3. The summed E-state index contributed by atoms with van der Waals surface area (Å²) in [6.45, 7) is 3.25. The maximum atomic E-state index is 5.65. The van der Waals surface area contributed by atoms with Gasteiger partial charge in [-0.1, -0.05) is 0 Å². The van der Waals surface area contributed by atoms with Crippen LogP contribution in [0.3, 0.4) is 0 Å². The minimum atomic E-state index is 0.500. The van der Waals surface area contributed by atoms with Crippen LogP contribution in [0.4, 0.5) is 5.82 Å². The molecule has 3 heterocycles. The second-order valence-corrected chi connectivity index (χ2v) is 5.67. The minimum Gasteiger partial charge on any atom is -0.382 e. The van der Waals surface area contributed by atoms with Crippen LogP contribution in [-0.4, -0.2) is 32.8 Å². The maximum Gasteiger partial charge on any atom is 0.145 e. The second kappa shape index (κ2) is 5.07. The molecule has 0 aliphatic carbocycles. The van der Waals surface area contributed by atoms with E-state index >= 15 is 0 Å². The van der Waals surface area contributed by atoms with Gasteiger partial charge in [0.1, 0.15) is 5.82 Å². The average molecular weight is 263 g/mol. The molecule has 0 aromatic carbocycles. The molecule has 6 heteroatoms. The van der Waals surface area contributed by atoms with E-state index in [-0.39, 0.29) is 0 Å². The molecule has 18 heavy (non-hydrogen) atoms. The number of piperidine rings is 1. The molecule has 1 aliphatic heterocycles. The molecule has 0 bridgehead atoms. The molecule has 2 N–H and O–H groups in total. The Balaban J connectivity index is 1.55. The van der Waals surface area contributed by atoms with Gasteiger partial charge in [-0.2, -0.15) is 5.10 Å². The Morgan fingerprint density at radius 3 is 2.83 bits per heavy atom. The zero-order chi connectivity index (χ0) is 12.4. The smallest absolute Gasteiger partial charge is 0.145 e. The van der Waals surface area contributed by atoms with E-state index < -0.39 is 0 Å². The van der Waals surface area contributed by atoms with Crippen molar-refractivity contribution in [2.75, 3.05) is 18.8 Å². The minimum absolute atomic E-state index is 0.500. The SMILES string of the molecule is Nc1ccn(C2CCN(Cc3cncs3)CC2)n1. The van der Waals surface area contributed by atoms with E-state index in [0.29, 0.717) is 11.9 Å². The average Bonchev–Trinajstić information content (AvgIpc) is 3.02. The number of nitrogen functional groups attached to an aromatic ring is 1. The summed E-state index contributed by atoms with van der Waals surface area (Å²) in [4.78, 5) is 7.94. The highest BCUT2D eigenvalue weighted by molar-refractivity contribution is 7.09. The van der Waals surface area contributed by atoms with Crippen LogP contribution in [0.2, 0.25) is 0 Å². The topological polar surface area (TPSA) is 60.0 Å². The molecule has 0 radical (unpaired) electrons. The lowest BCUT2D eigenvalue weighted by atomic mass is 10.1. The molecule has 2 aromatic heterocycles. The summed E-state index contributed by atoms with van der Waals surface area (Å²) < 4.78 is 2.01. The molecule has 1 aliphatic rings. The second-order valence-electron chi connectivity index (χ2n) is 4.70. The van der Waals surface area contributed by atoms with Crippen molar-refractivity contribution < 1.29 is 0 Å². The van der Waals surface area contributed by atoms with Crippen LogP contribution in [0.15, 0.2) is 24.0 Å². The van der Waals surface area contributed by atoms with Crippen molar-refractivity contribution in [2.45, 2.75) is 25.4 Å². The molecule has 0 amide bonds. The van der Waals surface area contributed by atoms with Gasteiger partial charge in [0, 0.05) is 36.9 Å². The Morgan fingerprint density at radius 1 is 1.39 bits per heavy atom. The van der Waals surface area contributed by atoms with Crippen molar-refractivity contribution in [3.8, 4) is 0 Å². The zero-order valence-electron chi connectivity index (χ0n) is 10.2. The number of anilines is 1. The molecule has 0 atom stereocenters. The van der Waals surface area contributed by atoms with E-state index in [2.05, 4.69) is 15.0 Å². The number of aromatic nitrogens is 3. The summed E-state index contributed by atoms with van der Waals surface area (Å²) in [6, 6.07) is 2.36. The first-order valence-corrected chi connectivity index (χ1v) is 7.09. The van der Waals surface area contributed by atoms with Crippen molar-refractivity contribution in [3.05, 3.63) is 28.8 Å². The lowest BCUT2D eigenvalue weighted by molar-refractivity contribution is 0.174. The van der Waals surface area contributed by atoms with Gasteiger partial charge in [-0.25, -0.2) is 0 Å². The van der Waals surface area contributed by atoms with Gasteiger partial charge in [-0.3, -0.25) is 14.6 Å². The molecule has 2 aromatic rings. The molecule has 0 unspecified atom stereocenters. The molecule has 1 saturated heterocycles. The van der Waals surface area contributed by atoms with E-state index in [9.17, 15) is 0 Å². The Morgan fingerprint density at radius 2 is 2.22 bits per heavy atom. The van der Waals surface area contributed by atoms with Gasteiger partial charge in [0.05, 0.1) is 11.6 Å². The van der Waals surface area contributed by atoms with Gasteiger partial charge in [0.25, 0.3) is 0 Å². The maximum absolute atomic E-state index is 5.65. The van der Waals surface area contributed by atoms with Crippen molar-refractivity contribution >= 4 is 17.2 Å². The van der Waals surface area contributed by atoms with Crippen LogP contribution < -0.4 is 5.73 Å². The van der Waals surface area contributed by atoms with Crippen LogP contribution in [0.25, 0.3) is 0 Å². The van der Waals surface area contributed by atoms with Gasteiger partial charge in [0.2, 0.25) is 0 Å². The molecule has 1 fully saturated rings. The van der Waals surface area contributed by atoms with Gasteiger partial charge in [-0.05, 0) is 18.9 Å². The highest BCUT2D eigenvalue weighted by atomic mass is 32.1. The third kappa shape index (κ3) is 2.54. The van der Waals surface area contributed by atoms with E-state index in [4.69, 9.17) is 5.73 Å². The highest BCUT2D eigenvalue weighted by Crippen LogP contribution is 2.23. The number of hydrogen-bond donors (Lipinski definition) is 1. The molecule has 5 nitrogen and oxygen atoms in total. The van der Waals surface area contributed by atoms with Crippen molar-refractivity contribution in [3.63, 3.8) is 0 Å². The van der Waals surface area contributed by atoms with Gasteiger partial charge in [0.15, 0.2) is 0 Å². The first-order valence-electron chi connectivity index (χ1n) is 6.21. The van der Waals surface area contributed by atoms with Crippen molar-refractivity contribution in [2.24, 2.45) is 0 Å². The number of likely N-dealkylation sites (tertiary alicyclic amines) is 1. The summed E-state index contributed by atoms with van der Waals surface area (Å²) >= 11 is 1.73. The van der Waals surface area contributed by atoms with Gasteiger partial charge in [-0.15, -0.1) is 11.3 Å². The Labute approximate surface area is 110 Å². The molecular formula is C12H17N5S. The molecule has 0 saturated carbocycles. The lowest BCUT2D eigenvalue weighted by Crippen LogP contribution is -2.34. The Bertz CT molecular complexity index is 484. The Hall–Kier alpha value is -1.40. The Kier molecular flexibility index (Phi) is 3.29. The highest BCUT2D eigenvalue weighted by Gasteiger charge is 2.21.